The fraction of sp³-hybridized carbons (Fsp3) is 0.600. The van der Waals surface area contributed by atoms with Crippen molar-refractivity contribution < 1.29 is 4.79 Å². The number of nitrogens with one attached hydrogen (secondary N) is 4. The highest BCUT2D eigenvalue weighted by molar-refractivity contribution is 5.96. The zero-order valence-electron chi connectivity index (χ0n) is 9.34. The molecule has 4 N–H and O–H groups in total. The smallest absolute Gasteiger partial charge is 0.194 e. The van der Waals surface area contributed by atoms with Crippen molar-refractivity contribution in [2.45, 2.75) is 12.5 Å². The molecule has 0 radical (unpaired) electrons. The molecule has 16 heavy (non-hydrogen) atoms. The van der Waals surface area contributed by atoms with Crippen LogP contribution in [-0.2, 0) is 0 Å². The summed E-state index contributed by atoms with van der Waals surface area (Å²) >= 11 is 0. The van der Waals surface area contributed by atoms with Gasteiger partial charge in [-0.2, -0.15) is 5.10 Å². The zero-order valence-corrected chi connectivity index (χ0v) is 9.34. The van der Waals surface area contributed by atoms with Crippen molar-refractivity contribution in [3.8, 4) is 0 Å². The van der Waals surface area contributed by atoms with E-state index in [9.17, 15) is 4.79 Å². The first-order valence-electron chi connectivity index (χ1n) is 5.50. The minimum absolute atomic E-state index is 0.0425. The van der Waals surface area contributed by atoms with Crippen molar-refractivity contribution in [1.29, 1.82) is 0 Å². The van der Waals surface area contributed by atoms with E-state index in [1.54, 1.807) is 13.1 Å². The van der Waals surface area contributed by atoms with Gasteiger partial charge in [0.15, 0.2) is 5.78 Å². The number of aromatic nitrogens is 2. The van der Waals surface area contributed by atoms with E-state index in [2.05, 4.69) is 26.1 Å². The second-order valence-corrected chi connectivity index (χ2v) is 3.91. The molecule has 0 spiro atoms. The van der Waals surface area contributed by atoms with Crippen LogP contribution in [0.1, 0.15) is 16.9 Å². The average Bonchev–Trinajstić information content (AvgIpc) is 2.96. The monoisotopic (exact) mass is 223 g/mol. The molecule has 2 rings (SSSR count). The molecule has 0 aliphatic carbocycles. The largest absolute Gasteiger partial charge is 0.372 e. The number of carbonyl (C=O) groups is 1. The van der Waals surface area contributed by atoms with Gasteiger partial charge in [0, 0.05) is 25.7 Å². The van der Waals surface area contributed by atoms with Gasteiger partial charge in [-0.1, -0.05) is 0 Å². The molecule has 1 aliphatic heterocycles. The van der Waals surface area contributed by atoms with Crippen LogP contribution < -0.4 is 16.0 Å². The number of rotatable bonds is 5. The molecule has 1 fully saturated rings. The van der Waals surface area contributed by atoms with E-state index >= 15 is 0 Å². The molecule has 0 bridgehead atoms. The SMILES string of the molecule is CNc1cc(C(=O)CNC2CCNC2)[nH]n1. The Hall–Kier alpha value is -1.40. The van der Waals surface area contributed by atoms with Gasteiger partial charge < -0.3 is 16.0 Å². The first kappa shape index (κ1) is 11.1. The predicted molar refractivity (Wildman–Crippen MR) is 61.7 cm³/mol. The van der Waals surface area contributed by atoms with Crippen LogP contribution >= 0.6 is 0 Å². The molecular weight excluding hydrogens is 206 g/mol. The zero-order chi connectivity index (χ0) is 11.4. The van der Waals surface area contributed by atoms with Crippen LogP contribution in [0.2, 0.25) is 0 Å². The summed E-state index contributed by atoms with van der Waals surface area (Å²) < 4.78 is 0. The molecule has 1 aliphatic rings. The van der Waals surface area contributed by atoms with Crippen LogP contribution in [0.4, 0.5) is 5.82 Å². The van der Waals surface area contributed by atoms with Crippen molar-refractivity contribution in [3.05, 3.63) is 11.8 Å². The molecule has 1 atom stereocenters. The molecule has 2 heterocycles. The van der Waals surface area contributed by atoms with E-state index in [0.29, 0.717) is 24.1 Å². The summed E-state index contributed by atoms with van der Waals surface area (Å²) in [6.45, 7) is 2.33. The molecule has 1 unspecified atom stereocenters. The highest BCUT2D eigenvalue weighted by atomic mass is 16.1. The molecule has 0 saturated carbocycles. The standard InChI is InChI=1S/C10H17N5O/c1-11-10-4-8(14-15-10)9(16)6-13-7-2-3-12-5-7/h4,7,12-13H,2-3,5-6H2,1H3,(H2,11,14,15). The summed E-state index contributed by atoms with van der Waals surface area (Å²) in [7, 11) is 1.77. The Bertz CT molecular complexity index is 356. The van der Waals surface area contributed by atoms with Crippen LogP contribution in [0, 0.1) is 0 Å². The molecule has 1 saturated heterocycles. The number of carbonyl (C=O) groups excluding carboxylic acids is 1. The average molecular weight is 223 g/mol. The minimum atomic E-state index is 0.0425. The van der Waals surface area contributed by atoms with E-state index in [0.717, 1.165) is 19.5 Å². The first-order valence-corrected chi connectivity index (χ1v) is 5.50. The Morgan fingerprint density at radius 1 is 1.69 bits per heavy atom. The Labute approximate surface area is 94.2 Å². The molecule has 88 valence electrons. The van der Waals surface area contributed by atoms with Crippen LogP contribution in [0.5, 0.6) is 0 Å². The normalized spacial score (nSPS) is 19.9. The molecule has 6 heteroatoms. The third-order valence-corrected chi connectivity index (χ3v) is 2.75. The number of Topliss-reactive ketones (excluding diaryl/α,β-unsaturated/α-hetero) is 1. The summed E-state index contributed by atoms with van der Waals surface area (Å²) in [6.07, 6.45) is 1.08. The summed E-state index contributed by atoms with van der Waals surface area (Å²) in [5.74, 6) is 0.729. The molecule has 1 aromatic heterocycles. The maximum absolute atomic E-state index is 11.7. The Balaban J connectivity index is 1.82. The van der Waals surface area contributed by atoms with Crippen molar-refractivity contribution in [1.82, 2.24) is 20.8 Å². The second kappa shape index (κ2) is 5.09. The third kappa shape index (κ3) is 2.59. The fourth-order valence-electron chi connectivity index (χ4n) is 1.75. The molecule has 1 aromatic rings. The summed E-state index contributed by atoms with van der Waals surface area (Å²) in [4.78, 5) is 11.7. The lowest BCUT2D eigenvalue weighted by Gasteiger charge is -2.08. The van der Waals surface area contributed by atoms with Crippen LogP contribution in [0.25, 0.3) is 0 Å². The minimum Gasteiger partial charge on any atom is -0.372 e. The summed E-state index contributed by atoms with van der Waals surface area (Å²) in [5, 5.41) is 16.0. The number of aromatic amines is 1. The molecule has 0 amide bonds. The first-order chi connectivity index (χ1) is 7.79. The summed E-state index contributed by atoms with van der Waals surface area (Å²) in [5.41, 5.74) is 0.544. The van der Waals surface area contributed by atoms with E-state index in [1.807, 2.05) is 0 Å². The van der Waals surface area contributed by atoms with E-state index in [-0.39, 0.29) is 5.78 Å². The lowest BCUT2D eigenvalue weighted by molar-refractivity contribution is 0.0983. The van der Waals surface area contributed by atoms with Gasteiger partial charge in [0.1, 0.15) is 11.5 Å². The number of nitrogens with zero attached hydrogens (tertiary/aromatic N) is 1. The van der Waals surface area contributed by atoms with Gasteiger partial charge in [0.05, 0.1) is 6.54 Å². The van der Waals surface area contributed by atoms with E-state index in [1.165, 1.54) is 0 Å². The van der Waals surface area contributed by atoms with Crippen LogP contribution in [0.15, 0.2) is 6.07 Å². The highest BCUT2D eigenvalue weighted by Crippen LogP contribution is 2.04. The number of anilines is 1. The topological polar surface area (TPSA) is 81.8 Å². The van der Waals surface area contributed by atoms with E-state index in [4.69, 9.17) is 0 Å². The highest BCUT2D eigenvalue weighted by Gasteiger charge is 2.16. The maximum atomic E-state index is 11.7. The van der Waals surface area contributed by atoms with Gasteiger partial charge >= 0.3 is 0 Å². The number of hydrogen-bond acceptors (Lipinski definition) is 5. The second-order valence-electron chi connectivity index (χ2n) is 3.91. The van der Waals surface area contributed by atoms with Crippen molar-refractivity contribution in [2.24, 2.45) is 0 Å². The number of ketones is 1. The van der Waals surface area contributed by atoms with Crippen molar-refractivity contribution in [2.75, 3.05) is 32.0 Å². The lowest BCUT2D eigenvalue weighted by Crippen LogP contribution is -2.35. The Morgan fingerprint density at radius 3 is 3.19 bits per heavy atom. The molecular formula is C10H17N5O. The van der Waals surface area contributed by atoms with E-state index < -0.39 is 0 Å². The van der Waals surface area contributed by atoms with Crippen molar-refractivity contribution in [3.63, 3.8) is 0 Å². The molecule has 0 aromatic carbocycles. The lowest BCUT2D eigenvalue weighted by atomic mass is 10.2. The number of H-pyrrole nitrogens is 1. The van der Waals surface area contributed by atoms with Gasteiger partial charge in [0.2, 0.25) is 0 Å². The van der Waals surface area contributed by atoms with Gasteiger partial charge in [-0.3, -0.25) is 9.89 Å². The van der Waals surface area contributed by atoms with Gasteiger partial charge in [-0.15, -0.1) is 0 Å². The molecule has 6 nitrogen and oxygen atoms in total. The maximum Gasteiger partial charge on any atom is 0.194 e. The number of hydrogen-bond donors (Lipinski definition) is 4. The van der Waals surface area contributed by atoms with Crippen LogP contribution in [-0.4, -0.2) is 48.7 Å². The van der Waals surface area contributed by atoms with Gasteiger partial charge in [0.25, 0.3) is 0 Å². The third-order valence-electron chi connectivity index (χ3n) is 2.75. The summed E-state index contributed by atoms with van der Waals surface area (Å²) in [6, 6.07) is 2.13. The predicted octanol–water partition coefficient (Wildman–Crippen LogP) is -0.414. The Morgan fingerprint density at radius 2 is 2.56 bits per heavy atom. The quantitative estimate of drug-likeness (QED) is 0.510. The Kier molecular flexibility index (Phi) is 3.53. The fourth-order valence-corrected chi connectivity index (χ4v) is 1.75. The van der Waals surface area contributed by atoms with Gasteiger partial charge in [-0.05, 0) is 13.0 Å². The van der Waals surface area contributed by atoms with Crippen LogP contribution in [0.3, 0.4) is 0 Å². The van der Waals surface area contributed by atoms with Crippen molar-refractivity contribution >= 4 is 11.6 Å². The van der Waals surface area contributed by atoms with Gasteiger partial charge in [-0.25, -0.2) is 0 Å².